The van der Waals surface area contributed by atoms with Gasteiger partial charge in [-0.15, -0.1) is 23.2 Å². The molecule has 1 aliphatic rings. The molecule has 0 bridgehead atoms. The molecule has 3 atom stereocenters. The molecule has 53 valence electrons. The van der Waals surface area contributed by atoms with Gasteiger partial charge < -0.3 is 4.74 Å². The molecule has 1 rings (SSSR count). The van der Waals surface area contributed by atoms with E-state index in [0.29, 0.717) is 0 Å². The second-order valence-corrected chi connectivity index (χ2v) is 3.14. The maximum atomic E-state index is 5.84. The van der Waals surface area contributed by atoms with Crippen LogP contribution in [-0.2, 0) is 4.74 Å². The maximum absolute atomic E-state index is 5.84. The molecule has 0 aromatic heterocycles. The van der Waals surface area contributed by atoms with Gasteiger partial charge in [0.1, 0.15) is 0 Å². The maximum Gasteiger partial charge on any atom is 0.0764 e. The Morgan fingerprint density at radius 2 is 2.22 bits per heavy atom. The van der Waals surface area contributed by atoms with E-state index in [-0.39, 0.29) is 16.9 Å². The van der Waals surface area contributed by atoms with Gasteiger partial charge in [-0.25, -0.2) is 0 Å². The van der Waals surface area contributed by atoms with Crippen LogP contribution >= 0.6 is 23.2 Å². The van der Waals surface area contributed by atoms with Crippen molar-refractivity contribution in [2.45, 2.75) is 23.3 Å². The van der Waals surface area contributed by atoms with Crippen molar-refractivity contribution in [3.8, 4) is 0 Å². The van der Waals surface area contributed by atoms with E-state index in [1.54, 1.807) is 7.11 Å². The van der Waals surface area contributed by atoms with E-state index in [1.165, 1.54) is 0 Å². The number of alkyl halides is 2. The average Bonchev–Trinajstić information content (AvgIpc) is 2.15. The van der Waals surface area contributed by atoms with Crippen LogP contribution in [0.2, 0.25) is 0 Å². The summed E-state index contributed by atoms with van der Waals surface area (Å²) in [6.45, 7) is 0. The predicted octanol–water partition coefficient (Wildman–Crippen LogP) is 1.82. The molecule has 0 heterocycles. The summed E-state index contributed by atoms with van der Waals surface area (Å²) in [6, 6.07) is 0. The summed E-state index contributed by atoms with van der Waals surface area (Å²) in [5, 5.41) is -0.0618. The molecule has 0 spiro atoms. The lowest BCUT2D eigenvalue weighted by Crippen LogP contribution is -2.21. The Kier molecular flexibility index (Phi) is 2.62. The summed E-state index contributed by atoms with van der Waals surface area (Å²) < 4.78 is 5.05. The third-order valence-electron chi connectivity index (χ3n) is 1.56. The van der Waals surface area contributed by atoms with Crippen LogP contribution in [0.15, 0.2) is 0 Å². The molecular formula is C6H9Cl2O. The van der Waals surface area contributed by atoms with Gasteiger partial charge in [-0.05, 0) is 12.8 Å². The van der Waals surface area contributed by atoms with Crippen LogP contribution in [0.1, 0.15) is 6.42 Å². The summed E-state index contributed by atoms with van der Waals surface area (Å²) in [5.74, 6) is 0. The van der Waals surface area contributed by atoms with E-state index < -0.39 is 0 Å². The number of halogens is 2. The Morgan fingerprint density at radius 3 is 2.44 bits per heavy atom. The molecule has 1 aliphatic carbocycles. The van der Waals surface area contributed by atoms with Gasteiger partial charge in [-0.3, -0.25) is 0 Å². The van der Waals surface area contributed by atoms with Crippen LogP contribution in [0.5, 0.6) is 0 Å². The first-order chi connectivity index (χ1) is 4.25. The van der Waals surface area contributed by atoms with Crippen molar-refractivity contribution in [3.05, 3.63) is 6.42 Å². The quantitative estimate of drug-likeness (QED) is 0.542. The molecule has 1 saturated carbocycles. The van der Waals surface area contributed by atoms with Crippen molar-refractivity contribution in [3.63, 3.8) is 0 Å². The van der Waals surface area contributed by atoms with Crippen molar-refractivity contribution in [1.29, 1.82) is 0 Å². The lowest BCUT2D eigenvalue weighted by atomic mass is 10.3. The number of rotatable bonds is 1. The summed E-state index contributed by atoms with van der Waals surface area (Å²) in [7, 11) is 1.66. The lowest BCUT2D eigenvalue weighted by molar-refractivity contribution is 0.114. The van der Waals surface area contributed by atoms with Crippen LogP contribution in [0.3, 0.4) is 0 Å². The summed E-state index contributed by atoms with van der Waals surface area (Å²) in [6.07, 6.45) is 2.97. The van der Waals surface area contributed by atoms with Gasteiger partial charge in [0.05, 0.1) is 16.9 Å². The molecule has 0 saturated heterocycles. The van der Waals surface area contributed by atoms with E-state index in [9.17, 15) is 0 Å². The third kappa shape index (κ3) is 1.51. The summed E-state index contributed by atoms with van der Waals surface area (Å²) in [5.41, 5.74) is 0. The zero-order valence-electron chi connectivity index (χ0n) is 5.18. The molecule has 1 nitrogen and oxygen atoms in total. The van der Waals surface area contributed by atoms with Gasteiger partial charge in [0.15, 0.2) is 0 Å². The molecule has 1 fully saturated rings. The van der Waals surface area contributed by atoms with Gasteiger partial charge in [0, 0.05) is 7.11 Å². The minimum Gasteiger partial charge on any atom is -0.380 e. The molecule has 0 aliphatic heterocycles. The highest BCUT2D eigenvalue weighted by atomic mass is 35.5. The molecule has 3 heteroatoms. The van der Waals surface area contributed by atoms with Crippen LogP contribution in [-0.4, -0.2) is 24.0 Å². The van der Waals surface area contributed by atoms with Gasteiger partial charge in [0.2, 0.25) is 0 Å². The van der Waals surface area contributed by atoms with E-state index in [4.69, 9.17) is 27.9 Å². The fourth-order valence-electron chi connectivity index (χ4n) is 0.955. The van der Waals surface area contributed by atoms with E-state index in [1.807, 2.05) is 6.42 Å². The largest absolute Gasteiger partial charge is 0.380 e. The monoisotopic (exact) mass is 167 g/mol. The predicted molar refractivity (Wildman–Crippen MR) is 39.0 cm³/mol. The Bertz CT molecular complexity index is 97.1. The molecule has 0 amide bonds. The Labute approximate surface area is 65.3 Å². The van der Waals surface area contributed by atoms with Gasteiger partial charge in [-0.1, -0.05) is 0 Å². The van der Waals surface area contributed by atoms with E-state index >= 15 is 0 Å². The first-order valence-electron chi connectivity index (χ1n) is 2.90. The Morgan fingerprint density at radius 1 is 1.56 bits per heavy atom. The van der Waals surface area contributed by atoms with Crippen molar-refractivity contribution in [2.75, 3.05) is 7.11 Å². The average molecular weight is 168 g/mol. The summed E-state index contributed by atoms with van der Waals surface area (Å²) >= 11 is 11.6. The second kappa shape index (κ2) is 3.09. The molecular weight excluding hydrogens is 159 g/mol. The third-order valence-corrected chi connectivity index (χ3v) is 2.69. The Balaban J connectivity index is 2.41. The zero-order valence-corrected chi connectivity index (χ0v) is 6.69. The first kappa shape index (κ1) is 7.64. The number of ether oxygens (including phenoxy) is 1. The molecule has 0 aromatic carbocycles. The van der Waals surface area contributed by atoms with Crippen molar-refractivity contribution >= 4 is 23.2 Å². The SMILES string of the molecule is COC1C[CH]C(Cl)C1Cl. The van der Waals surface area contributed by atoms with Gasteiger partial charge in [0.25, 0.3) is 0 Å². The number of methoxy groups -OCH3 is 1. The summed E-state index contributed by atoms with van der Waals surface area (Å²) in [4.78, 5) is 0. The van der Waals surface area contributed by atoms with Crippen molar-refractivity contribution in [2.24, 2.45) is 0 Å². The number of hydrogen-bond donors (Lipinski definition) is 0. The van der Waals surface area contributed by atoms with Gasteiger partial charge in [-0.2, -0.15) is 0 Å². The molecule has 3 unspecified atom stereocenters. The van der Waals surface area contributed by atoms with Crippen molar-refractivity contribution < 1.29 is 4.74 Å². The normalized spacial score (nSPS) is 43.7. The minimum absolute atomic E-state index is 0.0170. The molecule has 0 aromatic rings. The highest BCUT2D eigenvalue weighted by molar-refractivity contribution is 6.31. The Hall–Kier alpha value is 0.540. The zero-order chi connectivity index (χ0) is 6.85. The number of hydrogen-bond acceptors (Lipinski definition) is 1. The minimum atomic E-state index is -0.0448. The van der Waals surface area contributed by atoms with Crippen LogP contribution in [0, 0.1) is 6.42 Å². The second-order valence-electron chi connectivity index (χ2n) is 2.13. The van der Waals surface area contributed by atoms with Crippen molar-refractivity contribution in [1.82, 2.24) is 0 Å². The van der Waals surface area contributed by atoms with Crippen LogP contribution in [0.4, 0.5) is 0 Å². The van der Waals surface area contributed by atoms with E-state index in [2.05, 4.69) is 0 Å². The molecule has 1 radical (unpaired) electrons. The molecule has 0 N–H and O–H groups in total. The lowest BCUT2D eigenvalue weighted by Gasteiger charge is -2.11. The van der Waals surface area contributed by atoms with Crippen LogP contribution in [0.25, 0.3) is 0 Å². The topological polar surface area (TPSA) is 9.23 Å². The first-order valence-corrected chi connectivity index (χ1v) is 3.77. The molecule has 9 heavy (non-hydrogen) atoms. The fourth-order valence-corrected chi connectivity index (χ4v) is 1.53. The fraction of sp³-hybridized carbons (Fsp3) is 0.833. The van der Waals surface area contributed by atoms with Gasteiger partial charge >= 0.3 is 0 Å². The highest BCUT2D eigenvalue weighted by Gasteiger charge is 2.33. The van der Waals surface area contributed by atoms with E-state index in [0.717, 1.165) is 6.42 Å². The standard InChI is InChI=1S/C6H9Cl2O/c1-9-5-3-2-4(7)6(5)8/h2,4-6H,3H2,1H3. The smallest absolute Gasteiger partial charge is 0.0764 e. The van der Waals surface area contributed by atoms with Crippen LogP contribution < -0.4 is 0 Å². The highest BCUT2D eigenvalue weighted by Crippen LogP contribution is 2.29.